The third-order valence-electron chi connectivity index (χ3n) is 2.85. The number of thiophene rings is 1. The molecule has 0 spiro atoms. The lowest BCUT2D eigenvalue weighted by Crippen LogP contribution is -2.34. The predicted octanol–water partition coefficient (Wildman–Crippen LogP) is 3.94. The second-order valence-electron chi connectivity index (χ2n) is 5.86. The first-order valence-corrected chi connectivity index (χ1v) is 7.94. The van der Waals surface area contributed by atoms with E-state index in [2.05, 4.69) is 5.32 Å². The predicted molar refractivity (Wildman–Crippen MR) is 91.2 cm³/mol. The monoisotopic (exact) mass is 333 g/mol. The number of amides is 1. The molecule has 2 aromatic rings. The minimum Gasteiger partial charge on any atom is -0.464 e. The molecule has 1 aromatic heterocycles. The highest BCUT2D eigenvalue weighted by atomic mass is 32.1. The van der Waals surface area contributed by atoms with Crippen LogP contribution in [0.1, 0.15) is 26.3 Å². The lowest BCUT2D eigenvalue weighted by atomic mass is 10.1. The number of nitrogens with one attached hydrogen (secondary N) is 1. The molecule has 0 bridgehead atoms. The van der Waals surface area contributed by atoms with Crippen LogP contribution in [0.5, 0.6) is 0 Å². The van der Waals surface area contributed by atoms with Crippen LogP contribution in [0.25, 0.3) is 16.2 Å². The quantitative estimate of drug-likeness (QED) is 0.682. The zero-order valence-electron chi connectivity index (χ0n) is 13.5. The molecule has 0 unspecified atom stereocenters. The van der Waals surface area contributed by atoms with Gasteiger partial charge < -0.3 is 9.47 Å². The van der Waals surface area contributed by atoms with Gasteiger partial charge >= 0.3 is 12.1 Å². The number of hydrogen-bond acceptors (Lipinski definition) is 5. The van der Waals surface area contributed by atoms with E-state index in [-0.39, 0.29) is 5.70 Å². The first-order chi connectivity index (χ1) is 10.8. The summed E-state index contributed by atoms with van der Waals surface area (Å²) in [6.07, 6.45) is 0.892. The van der Waals surface area contributed by atoms with Gasteiger partial charge in [0, 0.05) is 4.70 Å². The van der Waals surface area contributed by atoms with Crippen molar-refractivity contribution in [2.45, 2.75) is 26.4 Å². The maximum atomic E-state index is 11.9. The SMILES string of the molecule is COC(=O)/C(=C\c1csc2ccccc12)NC(=O)OC(C)(C)C. The second-order valence-corrected chi connectivity index (χ2v) is 6.77. The molecule has 1 aromatic carbocycles. The third-order valence-corrected chi connectivity index (χ3v) is 3.83. The zero-order chi connectivity index (χ0) is 17.0. The van der Waals surface area contributed by atoms with E-state index in [0.717, 1.165) is 15.6 Å². The van der Waals surface area contributed by atoms with Crippen LogP contribution in [0.15, 0.2) is 35.3 Å². The van der Waals surface area contributed by atoms with Gasteiger partial charge in [-0.2, -0.15) is 0 Å². The lowest BCUT2D eigenvalue weighted by Gasteiger charge is -2.20. The first-order valence-electron chi connectivity index (χ1n) is 7.06. The van der Waals surface area contributed by atoms with Gasteiger partial charge in [-0.25, -0.2) is 9.59 Å². The summed E-state index contributed by atoms with van der Waals surface area (Å²) in [5.74, 6) is -0.633. The maximum absolute atomic E-state index is 11.9. The van der Waals surface area contributed by atoms with Crippen molar-refractivity contribution in [2.24, 2.45) is 0 Å². The van der Waals surface area contributed by atoms with Crippen LogP contribution < -0.4 is 5.32 Å². The number of alkyl carbamates (subject to hydrolysis) is 1. The largest absolute Gasteiger partial charge is 0.464 e. The van der Waals surface area contributed by atoms with Crippen LogP contribution in [0.2, 0.25) is 0 Å². The van der Waals surface area contributed by atoms with Crippen LogP contribution in [0, 0.1) is 0 Å². The average molecular weight is 333 g/mol. The fraction of sp³-hybridized carbons (Fsp3) is 0.294. The number of esters is 1. The molecule has 0 aliphatic rings. The Morgan fingerprint density at radius 2 is 1.91 bits per heavy atom. The van der Waals surface area contributed by atoms with E-state index in [9.17, 15) is 9.59 Å². The maximum Gasteiger partial charge on any atom is 0.412 e. The Kier molecular flexibility index (Phi) is 5.05. The molecular formula is C17H19NO4S. The van der Waals surface area contributed by atoms with Crippen molar-refractivity contribution in [3.8, 4) is 0 Å². The van der Waals surface area contributed by atoms with Gasteiger partial charge in [0.25, 0.3) is 0 Å². The second kappa shape index (κ2) is 6.83. The van der Waals surface area contributed by atoms with Gasteiger partial charge in [0.2, 0.25) is 0 Å². The number of ether oxygens (including phenoxy) is 2. The van der Waals surface area contributed by atoms with E-state index in [0.29, 0.717) is 0 Å². The Hall–Kier alpha value is -2.34. The van der Waals surface area contributed by atoms with Crippen LogP contribution in [0.3, 0.4) is 0 Å². The van der Waals surface area contributed by atoms with Crippen LogP contribution in [-0.2, 0) is 14.3 Å². The Labute approximate surface area is 138 Å². The van der Waals surface area contributed by atoms with Gasteiger partial charge in [0.1, 0.15) is 11.3 Å². The Balaban J connectivity index is 2.31. The van der Waals surface area contributed by atoms with Crippen molar-refractivity contribution >= 4 is 39.6 Å². The van der Waals surface area contributed by atoms with Gasteiger partial charge in [-0.15, -0.1) is 11.3 Å². The van der Waals surface area contributed by atoms with Gasteiger partial charge in [-0.3, -0.25) is 5.32 Å². The molecule has 2 rings (SSSR count). The van der Waals surface area contributed by atoms with Crippen molar-refractivity contribution in [3.63, 3.8) is 0 Å². The average Bonchev–Trinajstić information content (AvgIpc) is 2.87. The van der Waals surface area contributed by atoms with Crippen molar-refractivity contribution < 1.29 is 19.1 Å². The summed E-state index contributed by atoms with van der Waals surface area (Å²) in [6.45, 7) is 5.25. The number of carbonyl (C=O) groups excluding carboxylic acids is 2. The Morgan fingerprint density at radius 1 is 1.22 bits per heavy atom. The molecular weight excluding hydrogens is 314 g/mol. The normalized spacial score (nSPS) is 12.1. The van der Waals surface area contributed by atoms with Crippen LogP contribution >= 0.6 is 11.3 Å². The van der Waals surface area contributed by atoms with Crippen LogP contribution in [0.4, 0.5) is 4.79 Å². The first kappa shape index (κ1) is 17.0. The molecule has 0 saturated heterocycles. The summed E-state index contributed by atoms with van der Waals surface area (Å²) in [6, 6.07) is 7.83. The number of hydrogen-bond donors (Lipinski definition) is 1. The summed E-state index contributed by atoms with van der Waals surface area (Å²) in [4.78, 5) is 23.8. The highest BCUT2D eigenvalue weighted by Gasteiger charge is 2.20. The fourth-order valence-corrected chi connectivity index (χ4v) is 2.85. The van der Waals surface area contributed by atoms with E-state index < -0.39 is 17.7 Å². The van der Waals surface area contributed by atoms with E-state index >= 15 is 0 Å². The minimum absolute atomic E-state index is 0.0327. The zero-order valence-corrected chi connectivity index (χ0v) is 14.3. The van der Waals surface area contributed by atoms with Gasteiger partial charge in [0.15, 0.2) is 0 Å². The van der Waals surface area contributed by atoms with E-state index in [1.165, 1.54) is 7.11 Å². The fourth-order valence-electron chi connectivity index (χ4n) is 1.94. The molecule has 0 fully saturated rings. The number of carbonyl (C=O) groups is 2. The van der Waals surface area contributed by atoms with Crippen LogP contribution in [-0.4, -0.2) is 24.8 Å². The van der Waals surface area contributed by atoms with Gasteiger partial charge in [0.05, 0.1) is 7.11 Å². The summed E-state index contributed by atoms with van der Waals surface area (Å²) < 4.78 is 11.0. The standard InChI is InChI=1S/C17H19NO4S/c1-17(2,3)22-16(20)18-13(15(19)21-4)9-11-10-23-14-8-6-5-7-12(11)14/h5-10H,1-4H3,(H,18,20)/b13-9+. The molecule has 0 saturated carbocycles. The molecule has 1 amide bonds. The molecule has 0 radical (unpaired) electrons. The molecule has 0 aliphatic carbocycles. The Morgan fingerprint density at radius 3 is 2.57 bits per heavy atom. The lowest BCUT2D eigenvalue weighted by molar-refractivity contribution is -0.136. The van der Waals surface area contributed by atoms with Crippen molar-refractivity contribution in [2.75, 3.05) is 7.11 Å². The van der Waals surface area contributed by atoms with E-state index in [4.69, 9.17) is 9.47 Å². The van der Waals surface area contributed by atoms with Crippen molar-refractivity contribution in [1.82, 2.24) is 5.32 Å². The topological polar surface area (TPSA) is 64.6 Å². The highest BCUT2D eigenvalue weighted by Crippen LogP contribution is 2.27. The van der Waals surface area contributed by atoms with Gasteiger partial charge in [-0.05, 0) is 49.2 Å². The summed E-state index contributed by atoms with van der Waals surface area (Å²) >= 11 is 1.56. The molecule has 0 aliphatic heterocycles. The number of fused-ring (bicyclic) bond motifs is 1. The molecule has 1 N–H and O–H groups in total. The third kappa shape index (κ3) is 4.56. The van der Waals surface area contributed by atoms with Gasteiger partial charge in [-0.1, -0.05) is 18.2 Å². The molecule has 23 heavy (non-hydrogen) atoms. The molecule has 5 nitrogen and oxygen atoms in total. The number of rotatable bonds is 3. The Bertz CT molecular complexity index is 755. The molecule has 1 heterocycles. The van der Waals surface area contributed by atoms with E-state index in [1.807, 2.05) is 29.6 Å². The minimum atomic E-state index is -0.700. The summed E-state index contributed by atoms with van der Waals surface area (Å²) in [5, 5.41) is 5.38. The summed E-state index contributed by atoms with van der Waals surface area (Å²) in [7, 11) is 1.26. The number of benzene rings is 1. The number of methoxy groups -OCH3 is 1. The highest BCUT2D eigenvalue weighted by molar-refractivity contribution is 7.17. The molecule has 122 valence electrons. The van der Waals surface area contributed by atoms with Crippen molar-refractivity contribution in [1.29, 1.82) is 0 Å². The van der Waals surface area contributed by atoms with E-state index in [1.54, 1.807) is 38.2 Å². The van der Waals surface area contributed by atoms with Crippen molar-refractivity contribution in [3.05, 3.63) is 40.9 Å². The molecule has 6 heteroatoms. The smallest absolute Gasteiger partial charge is 0.412 e. The molecule has 0 atom stereocenters. The summed E-state index contributed by atoms with van der Waals surface area (Å²) in [5.41, 5.74) is 0.216.